The van der Waals surface area contributed by atoms with Crippen LogP contribution in [0.15, 0.2) is 24.3 Å². The first-order chi connectivity index (χ1) is 12.2. The molecule has 0 fully saturated rings. The average Bonchev–Trinajstić information content (AvgIpc) is 2.59. The predicted octanol–water partition coefficient (Wildman–Crippen LogP) is 4.10. The fourth-order valence-corrected chi connectivity index (χ4v) is 2.92. The lowest BCUT2D eigenvalue weighted by molar-refractivity contribution is -0.274. The average molecular weight is 366 g/mol. The number of rotatable bonds is 4. The Morgan fingerprint density at radius 1 is 1.15 bits per heavy atom. The molecule has 0 saturated carbocycles. The standard InChI is InChI=1S/C18H21F3N4O/c1-11(2)17-23-15(22-3)9-16(24-17)25-7-6-12-8-14(26-18(19,20)21)5-4-13(12)10-25/h4-5,8-9,11H,6-7,10H2,1-3H3,(H,22,23,24). The van der Waals surface area contributed by atoms with Crippen LogP contribution in [0.1, 0.15) is 36.7 Å². The molecule has 1 aliphatic heterocycles. The lowest BCUT2D eigenvalue weighted by Crippen LogP contribution is -2.31. The monoisotopic (exact) mass is 366 g/mol. The van der Waals surface area contributed by atoms with Gasteiger partial charge in [0.15, 0.2) is 0 Å². The van der Waals surface area contributed by atoms with E-state index in [1.807, 2.05) is 27.0 Å². The number of hydrogen-bond donors (Lipinski definition) is 1. The van der Waals surface area contributed by atoms with Crippen molar-refractivity contribution in [1.29, 1.82) is 0 Å². The molecule has 1 aliphatic rings. The van der Waals surface area contributed by atoms with Gasteiger partial charge in [-0.1, -0.05) is 19.9 Å². The third-order valence-corrected chi connectivity index (χ3v) is 4.25. The minimum absolute atomic E-state index is 0.175. The first-order valence-electron chi connectivity index (χ1n) is 8.44. The zero-order chi connectivity index (χ0) is 18.9. The van der Waals surface area contributed by atoms with Gasteiger partial charge in [-0.05, 0) is 29.7 Å². The number of anilines is 2. The van der Waals surface area contributed by atoms with Crippen molar-refractivity contribution in [1.82, 2.24) is 9.97 Å². The lowest BCUT2D eigenvalue weighted by Gasteiger charge is -2.30. The highest BCUT2D eigenvalue weighted by Gasteiger charge is 2.31. The molecule has 0 spiro atoms. The second-order valence-corrected chi connectivity index (χ2v) is 6.52. The van der Waals surface area contributed by atoms with Crippen LogP contribution in [0.3, 0.4) is 0 Å². The molecule has 8 heteroatoms. The predicted molar refractivity (Wildman–Crippen MR) is 93.5 cm³/mol. The molecule has 5 nitrogen and oxygen atoms in total. The van der Waals surface area contributed by atoms with Gasteiger partial charge in [0.2, 0.25) is 0 Å². The number of nitrogens with one attached hydrogen (secondary N) is 1. The van der Waals surface area contributed by atoms with Gasteiger partial charge in [0.1, 0.15) is 23.2 Å². The summed E-state index contributed by atoms with van der Waals surface area (Å²) >= 11 is 0. The molecule has 0 bridgehead atoms. The van der Waals surface area contributed by atoms with Gasteiger partial charge in [-0.3, -0.25) is 0 Å². The van der Waals surface area contributed by atoms with E-state index in [0.717, 1.165) is 28.6 Å². The Morgan fingerprint density at radius 3 is 2.58 bits per heavy atom. The molecular formula is C18H21F3N4O. The fraction of sp³-hybridized carbons (Fsp3) is 0.444. The molecule has 140 valence electrons. The van der Waals surface area contributed by atoms with E-state index in [1.54, 1.807) is 6.07 Å². The van der Waals surface area contributed by atoms with Gasteiger partial charge >= 0.3 is 6.36 Å². The van der Waals surface area contributed by atoms with Crippen LogP contribution < -0.4 is 15.0 Å². The van der Waals surface area contributed by atoms with E-state index in [-0.39, 0.29) is 11.7 Å². The van der Waals surface area contributed by atoms with Gasteiger partial charge < -0.3 is 15.0 Å². The van der Waals surface area contributed by atoms with Crippen LogP contribution in [-0.2, 0) is 13.0 Å². The highest BCUT2D eigenvalue weighted by Crippen LogP contribution is 2.30. The van der Waals surface area contributed by atoms with Crippen LogP contribution in [0.5, 0.6) is 5.75 Å². The summed E-state index contributed by atoms with van der Waals surface area (Å²) in [7, 11) is 1.81. The second-order valence-electron chi connectivity index (χ2n) is 6.52. The molecule has 1 aromatic heterocycles. The maximum absolute atomic E-state index is 12.4. The van der Waals surface area contributed by atoms with Crippen LogP contribution >= 0.6 is 0 Å². The highest BCUT2D eigenvalue weighted by atomic mass is 19.4. The topological polar surface area (TPSA) is 50.3 Å². The number of halogens is 3. The van der Waals surface area contributed by atoms with Gasteiger partial charge in [-0.2, -0.15) is 0 Å². The third kappa shape index (κ3) is 4.17. The summed E-state index contributed by atoms with van der Waals surface area (Å²) in [4.78, 5) is 11.2. The lowest BCUT2D eigenvalue weighted by atomic mass is 9.99. The number of alkyl halides is 3. The maximum Gasteiger partial charge on any atom is 0.573 e. The molecule has 0 radical (unpaired) electrons. The maximum atomic E-state index is 12.4. The SMILES string of the molecule is CNc1cc(N2CCc3cc(OC(F)(F)F)ccc3C2)nc(C(C)C)n1. The Balaban J connectivity index is 1.83. The molecule has 3 rings (SSSR count). The van der Waals surface area contributed by atoms with E-state index in [4.69, 9.17) is 0 Å². The van der Waals surface area contributed by atoms with Crippen LogP contribution in [0.4, 0.5) is 24.8 Å². The van der Waals surface area contributed by atoms with Crippen molar-refractivity contribution in [3.8, 4) is 5.75 Å². The minimum atomic E-state index is -4.67. The molecule has 0 unspecified atom stereocenters. The van der Waals surface area contributed by atoms with Crippen molar-refractivity contribution in [3.05, 3.63) is 41.2 Å². The molecule has 2 aromatic rings. The Kier molecular flexibility index (Phi) is 4.93. The van der Waals surface area contributed by atoms with Crippen molar-refractivity contribution < 1.29 is 17.9 Å². The fourth-order valence-electron chi connectivity index (χ4n) is 2.92. The number of hydrogen-bond acceptors (Lipinski definition) is 5. The summed E-state index contributed by atoms with van der Waals surface area (Å²) in [6.45, 7) is 5.32. The third-order valence-electron chi connectivity index (χ3n) is 4.25. The summed E-state index contributed by atoms with van der Waals surface area (Å²) in [5, 5.41) is 3.05. The van der Waals surface area contributed by atoms with Gasteiger partial charge in [0.05, 0.1) is 0 Å². The number of benzene rings is 1. The summed E-state index contributed by atoms with van der Waals surface area (Å²) in [6, 6.07) is 6.40. The van der Waals surface area contributed by atoms with Crippen LogP contribution in [0.25, 0.3) is 0 Å². The summed E-state index contributed by atoms with van der Waals surface area (Å²) < 4.78 is 41.2. The summed E-state index contributed by atoms with van der Waals surface area (Å²) in [5.41, 5.74) is 1.84. The second kappa shape index (κ2) is 7.01. The van der Waals surface area contributed by atoms with Crippen molar-refractivity contribution in [3.63, 3.8) is 0 Å². The molecule has 0 atom stereocenters. The van der Waals surface area contributed by atoms with Gasteiger partial charge in [0.25, 0.3) is 0 Å². The van der Waals surface area contributed by atoms with Crippen LogP contribution in [0.2, 0.25) is 0 Å². The molecule has 2 heterocycles. The van der Waals surface area contributed by atoms with E-state index < -0.39 is 6.36 Å². The Hall–Kier alpha value is -2.51. The van der Waals surface area contributed by atoms with E-state index in [2.05, 4.69) is 24.9 Å². The zero-order valence-electron chi connectivity index (χ0n) is 14.9. The Labute approximate surface area is 150 Å². The zero-order valence-corrected chi connectivity index (χ0v) is 14.9. The van der Waals surface area contributed by atoms with Crippen molar-refractivity contribution >= 4 is 11.6 Å². The molecule has 26 heavy (non-hydrogen) atoms. The number of nitrogens with zero attached hydrogens (tertiary/aromatic N) is 3. The largest absolute Gasteiger partial charge is 0.573 e. The normalized spacial score (nSPS) is 14.3. The van der Waals surface area contributed by atoms with E-state index >= 15 is 0 Å². The number of aromatic nitrogens is 2. The van der Waals surface area contributed by atoms with Crippen LogP contribution in [-0.4, -0.2) is 29.9 Å². The van der Waals surface area contributed by atoms with Gasteiger partial charge in [-0.15, -0.1) is 13.2 Å². The van der Waals surface area contributed by atoms with Gasteiger partial charge in [-0.25, -0.2) is 9.97 Å². The number of ether oxygens (including phenoxy) is 1. The first kappa shape index (κ1) is 18.3. The molecule has 1 aromatic carbocycles. The molecule has 0 aliphatic carbocycles. The van der Waals surface area contributed by atoms with E-state index in [9.17, 15) is 13.2 Å². The van der Waals surface area contributed by atoms with Crippen molar-refractivity contribution in [2.24, 2.45) is 0 Å². The smallest absolute Gasteiger partial charge is 0.406 e. The molecule has 0 saturated heterocycles. The molecule has 0 amide bonds. The first-order valence-corrected chi connectivity index (χ1v) is 8.44. The highest BCUT2D eigenvalue weighted by molar-refractivity contribution is 5.52. The summed E-state index contributed by atoms with van der Waals surface area (Å²) in [5.74, 6) is 2.34. The van der Waals surface area contributed by atoms with Crippen molar-refractivity contribution in [2.75, 3.05) is 23.8 Å². The molecular weight excluding hydrogens is 345 g/mol. The summed E-state index contributed by atoms with van der Waals surface area (Å²) in [6.07, 6.45) is -4.05. The van der Waals surface area contributed by atoms with Crippen molar-refractivity contribution in [2.45, 2.75) is 39.1 Å². The minimum Gasteiger partial charge on any atom is -0.406 e. The Bertz CT molecular complexity index is 792. The van der Waals surface area contributed by atoms with Crippen LogP contribution in [0, 0.1) is 0 Å². The number of fused-ring (bicyclic) bond motifs is 1. The molecule has 1 N–H and O–H groups in total. The van der Waals surface area contributed by atoms with E-state index in [0.29, 0.717) is 19.5 Å². The Morgan fingerprint density at radius 2 is 1.92 bits per heavy atom. The van der Waals surface area contributed by atoms with E-state index in [1.165, 1.54) is 12.1 Å². The quantitative estimate of drug-likeness (QED) is 0.883. The van der Waals surface area contributed by atoms with Gasteiger partial charge in [0, 0.05) is 32.1 Å².